The lowest BCUT2D eigenvalue weighted by atomic mass is 10.1. The summed E-state index contributed by atoms with van der Waals surface area (Å²) in [6.07, 6.45) is 1.76. The number of hydrogen-bond donors (Lipinski definition) is 0. The van der Waals surface area contributed by atoms with Crippen molar-refractivity contribution in [3.63, 3.8) is 0 Å². The van der Waals surface area contributed by atoms with Gasteiger partial charge in [0.15, 0.2) is 5.82 Å². The molecule has 1 unspecified atom stereocenters. The van der Waals surface area contributed by atoms with Crippen LogP contribution >= 0.6 is 0 Å². The van der Waals surface area contributed by atoms with E-state index in [1.165, 1.54) is 0 Å². The van der Waals surface area contributed by atoms with Crippen molar-refractivity contribution >= 4 is 29.2 Å². The lowest BCUT2D eigenvalue weighted by Gasteiger charge is -2.37. The van der Waals surface area contributed by atoms with Gasteiger partial charge in [0, 0.05) is 45.3 Å². The van der Waals surface area contributed by atoms with Gasteiger partial charge in [0.2, 0.25) is 5.91 Å². The zero-order valence-corrected chi connectivity index (χ0v) is 18.5. The molecule has 10 heteroatoms. The van der Waals surface area contributed by atoms with Gasteiger partial charge in [-0.05, 0) is 19.1 Å². The highest BCUT2D eigenvalue weighted by Crippen LogP contribution is 2.26. The number of carbonyl (C=O) groups excluding carboxylic acids is 3. The van der Waals surface area contributed by atoms with Crippen LogP contribution in [0, 0.1) is 0 Å². The second-order valence-electron chi connectivity index (χ2n) is 8.39. The Balaban J connectivity index is 1.22. The first-order valence-electron chi connectivity index (χ1n) is 11.2. The van der Waals surface area contributed by atoms with Crippen LogP contribution in [0.3, 0.4) is 0 Å². The summed E-state index contributed by atoms with van der Waals surface area (Å²) in [5, 5.41) is 8.46. The van der Waals surface area contributed by atoms with Gasteiger partial charge >= 0.3 is 0 Å². The Kier molecular flexibility index (Phi) is 5.67. The molecule has 3 aliphatic rings. The maximum absolute atomic E-state index is 13.1. The Morgan fingerprint density at radius 3 is 2.21 bits per heavy atom. The van der Waals surface area contributed by atoms with Crippen LogP contribution in [0.2, 0.25) is 0 Å². The Bertz CT molecular complexity index is 1040. The molecule has 0 spiro atoms. The van der Waals surface area contributed by atoms with Gasteiger partial charge < -0.3 is 19.4 Å². The van der Waals surface area contributed by atoms with Crippen LogP contribution < -0.4 is 9.80 Å². The molecule has 2 saturated heterocycles. The van der Waals surface area contributed by atoms with Crippen LogP contribution in [0.1, 0.15) is 27.6 Å². The van der Waals surface area contributed by atoms with Gasteiger partial charge in [0.25, 0.3) is 11.8 Å². The molecule has 3 amide bonds. The van der Waals surface area contributed by atoms with Crippen LogP contribution in [0.4, 0.5) is 11.5 Å². The Hall–Kier alpha value is -3.53. The zero-order chi connectivity index (χ0) is 22.9. The number of nitrogens with zero attached hydrogens (tertiary/aromatic N) is 6. The minimum atomic E-state index is -0.853. The molecule has 5 rings (SSSR count). The average Bonchev–Trinajstić information content (AvgIpc) is 3.14. The number of morpholine rings is 1. The van der Waals surface area contributed by atoms with Crippen molar-refractivity contribution in [2.45, 2.75) is 13.0 Å². The van der Waals surface area contributed by atoms with E-state index >= 15 is 0 Å². The molecule has 172 valence electrons. The first-order valence-corrected chi connectivity index (χ1v) is 11.2. The van der Waals surface area contributed by atoms with Crippen LogP contribution in [0.15, 0.2) is 36.5 Å². The largest absolute Gasteiger partial charge is 0.378 e. The molecule has 0 saturated carbocycles. The van der Waals surface area contributed by atoms with E-state index in [9.17, 15) is 14.4 Å². The molecule has 0 radical (unpaired) electrons. The number of ether oxygens (including phenoxy) is 1. The maximum Gasteiger partial charge on any atom is 0.262 e. The number of aromatic nitrogens is 2. The third kappa shape index (κ3) is 3.91. The van der Waals surface area contributed by atoms with Crippen LogP contribution in [-0.4, -0.2) is 96.2 Å². The molecule has 0 N–H and O–H groups in total. The van der Waals surface area contributed by atoms with Gasteiger partial charge in [-0.3, -0.25) is 19.3 Å². The van der Waals surface area contributed by atoms with E-state index < -0.39 is 17.9 Å². The summed E-state index contributed by atoms with van der Waals surface area (Å²) >= 11 is 0. The van der Waals surface area contributed by atoms with E-state index in [0.29, 0.717) is 50.5 Å². The fraction of sp³-hybridized carbons (Fsp3) is 0.435. The molecule has 1 atom stereocenters. The van der Waals surface area contributed by atoms with E-state index in [2.05, 4.69) is 20.0 Å². The number of piperazine rings is 1. The van der Waals surface area contributed by atoms with Crippen LogP contribution in [0.25, 0.3) is 0 Å². The predicted octanol–water partition coefficient (Wildman–Crippen LogP) is 0.647. The molecule has 33 heavy (non-hydrogen) atoms. The number of rotatable bonds is 4. The molecule has 0 aliphatic carbocycles. The summed E-state index contributed by atoms with van der Waals surface area (Å²) in [6.45, 7) is 6.82. The van der Waals surface area contributed by atoms with Crippen molar-refractivity contribution in [3.05, 3.63) is 47.7 Å². The molecular weight excluding hydrogens is 424 g/mol. The summed E-state index contributed by atoms with van der Waals surface area (Å²) in [5.41, 5.74) is 1.72. The quantitative estimate of drug-likeness (QED) is 0.626. The molecular formula is C23H26N6O4. The number of carbonyl (C=O) groups is 3. The van der Waals surface area contributed by atoms with E-state index in [4.69, 9.17) is 4.74 Å². The van der Waals surface area contributed by atoms with Gasteiger partial charge in [0.1, 0.15) is 6.04 Å². The van der Waals surface area contributed by atoms with Crippen molar-refractivity contribution in [1.82, 2.24) is 20.0 Å². The fourth-order valence-electron chi connectivity index (χ4n) is 4.58. The Morgan fingerprint density at radius 1 is 0.939 bits per heavy atom. The minimum Gasteiger partial charge on any atom is -0.378 e. The van der Waals surface area contributed by atoms with Crippen molar-refractivity contribution < 1.29 is 19.1 Å². The summed E-state index contributed by atoms with van der Waals surface area (Å²) in [4.78, 5) is 45.7. The molecule has 2 aromatic rings. The first kappa shape index (κ1) is 21.3. The van der Waals surface area contributed by atoms with Crippen molar-refractivity contribution in [3.8, 4) is 0 Å². The van der Waals surface area contributed by atoms with Gasteiger partial charge in [0.05, 0.1) is 36.2 Å². The van der Waals surface area contributed by atoms with Crippen molar-refractivity contribution in [1.29, 1.82) is 0 Å². The molecule has 1 aromatic carbocycles. The summed E-state index contributed by atoms with van der Waals surface area (Å²) in [7, 11) is 0. The van der Waals surface area contributed by atoms with E-state index in [0.717, 1.165) is 29.5 Å². The van der Waals surface area contributed by atoms with E-state index in [1.807, 2.05) is 6.07 Å². The number of hydrogen-bond acceptors (Lipinski definition) is 8. The van der Waals surface area contributed by atoms with Gasteiger partial charge in [-0.2, -0.15) is 5.10 Å². The molecule has 4 heterocycles. The normalized spacial score (nSPS) is 19.7. The first-order chi connectivity index (χ1) is 16.0. The molecule has 3 aliphatic heterocycles. The maximum atomic E-state index is 13.1. The van der Waals surface area contributed by atoms with Crippen molar-refractivity contribution in [2.24, 2.45) is 0 Å². The zero-order valence-electron chi connectivity index (χ0n) is 18.5. The number of anilines is 2. The number of imide groups is 1. The van der Waals surface area contributed by atoms with Gasteiger partial charge in [-0.15, -0.1) is 5.10 Å². The Morgan fingerprint density at radius 2 is 1.58 bits per heavy atom. The lowest BCUT2D eigenvalue weighted by molar-refractivity contribution is -0.135. The van der Waals surface area contributed by atoms with Gasteiger partial charge in [-0.1, -0.05) is 12.1 Å². The average molecular weight is 450 g/mol. The topological polar surface area (TPSA) is 99.2 Å². The molecule has 10 nitrogen and oxygen atoms in total. The second kappa shape index (κ2) is 8.78. The third-order valence-electron chi connectivity index (χ3n) is 6.49. The monoisotopic (exact) mass is 450 g/mol. The van der Waals surface area contributed by atoms with Crippen molar-refractivity contribution in [2.75, 3.05) is 62.3 Å². The van der Waals surface area contributed by atoms with E-state index in [-0.39, 0.29) is 5.91 Å². The van der Waals surface area contributed by atoms with E-state index in [1.54, 1.807) is 42.3 Å². The highest BCUT2D eigenvalue weighted by Gasteiger charge is 2.42. The summed E-state index contributed by atoms with van der Waals surface area (Å²) < 4.78 is 5.42. The fourth-order valence-corrected chi connectivity index (χ4v) is 4.58. The predicted molar refractivity (Wildman–Crippen MR) is 120 cm³/mol. The number of amides is 3. The van der Waals surface area contributed by atoms with Crippen LogP contribution in [-0.2, 0) is 9.53 Å². The smallest absolute Gasteiger partial charge is 0.262 e. The summed E-state index contributed by atoms with van der Waals surface area (Å²) in [5.74, 6) is -0.271. The number of benzene rings is 1. The highest BCUT2D eigenvalue weighted by atomic mass is 16.5. The number of fused-ring (bicyclic) bond motifs is 1. The third-order valence-corrected chi connectivity index (χ3v) is 6.49. The molecule has 0 bridgehead atoms. The molecule has 2 fully saturated rings. The molecule has 1 aromatic heterocycles. The second-order valence-corrected chi connectivity index (χ2v) is 8.39. The van der Waals surface area contributed by atoms with Gasteiger partial charge in [-0.25, -0.2) is 0 Å². The lowest BCUT2D eigenvalue weighted by Crippen LogP contribution is -2.55. The highest BCUT2D eigenvalue weighted by molar-refractivity contribution is 6.22. The SMILES string of the molecule is CC(C(=O)N1CCN(c2cc(N3CCOCC3)cnn2)CC1)N1C(=O)c2ccccc2C1=O. The van der Waals surface area contributed by atoms with Crippen LogP contribution in [0.5, 0.6) is 0 Å². The standard InChI is InChI=1S/C23H26N6O4/c1-16(29-22(31)18-4-2-3-5-19(18)23(29)32)21(30)28-8-6-27(7-9-28)20-14-17(15-24-25-20)26-10-12-33-13-11-26/h2-5,14-16H,6-13H2,1H3. The summed E-state index contributed by atoms with van der Waals surface area (Å²) in [6, 6.07) is 7.85. The Labute approximate surface area is 191 Å². The minimum absolute atomic E-state index is 0.225.